The lowest BCUT2D eigenvalue weighted by Crippen LogP contribution is -1.95. The number of rotatable bonds is 8. The molecule has 4 rings (SSSR count). The van der Waals surface area contributed by atoms with Crippen molar-refractivity contribution in [1.82, 2.24) is 15.2 Å². The molecule has 148 valence electrons. The fourth-order valence-corrected chi connectivity index (χ4v) is 4.26. The molecule has 0 aliphatic rings. The second kappa shape index (κ2) is 9.24. The zero-order valence-corrected chi connectivity index (χ0v) is 17.9. The Labute approximate surface area is 178 Å². The number of thioether (sulfide) groups is 1. The largest absolute Gasteiger partial charge is 0.484 e. The van der Waals surface area contributed by atoms with E-state index in [1.54, 1.807) is 11.3 Å². The van der Waals surface area contributed by atoms with E-state index in [1.165, 1.54) is 22.9 Å². The van der Waals surface area contributed by atoms with E-state index < -0.39 is 0 Å². The number of aromatic nitrogens is 3. The Bertz CT molecular complexity index is 1060. The van der Waals surface area contributed by atoms with Crippen molar-refractivity contribution in [1.29, 1.82) is 0 Å². The molecule has 0 amide bonds. The molecule has 0 aliphatic heterocycles. The molecular formula is C22H21N3O2S2. The zero-order chi connectivity index (χ0) is 20.1. The maximum atomic E-state index is 5.68. The monoisotopic (exact) mass is 423 g/mol. The number of benzene rings is 2. The van der Waals surface area contributed by atoms with Crippen molar-refractivity contribution in [3.8, 4) is 16.3 Å². The van der Waals surface area contributed by atoms with Crippen LogP contribution in [0, 0.1) is 6.92 Å². The molecule has 0 saturated heterocycles. The summed E-state index contributed by atoms with van der Waals surface area (Å²) in [7, 11) is 0. The van der Waals surface area contributed by atoms with Gasteiger partial charge in [-0.2, -0.15) is 0 Å². The van der Waals surface area contributed by atoms with Crippen molar-refractivity contribution in [2.24, 2.45) is 0 Å². The van der Waals surface area contributed by atoms with Gasteiger partial charge in [-0.15, -0.1) is 21.5 Å². The van der Waals surface area contributed by atoms with Gasteiger partial charge in [0.2, 0.25) is 0 Å². The Kier molecular flexibility index (Phi) is 6.27. The maximum Gasteiger partial charge on any atom is 0.277 e. The second-order valence-electron chi connectivity index (χ2n) is 6.55. The summed E-state index contributed by atoms with van der Waals surface area (Å²) >= 11 is 3.13. The molecule has 0 aliphatic carbocycles. The predicted molar refractivity (Wildman–Crippen MR) is 116 cm³/mol. The van der Waals surface area contributed by atoms with Crippen molar-refractivity contribution in [2.75, 3.05) is 0 Å². The van der Waals surface area contributed by atoms with Crippen LogP contribution in [0.2, 0.25) is 0 Å². The fourth-order valence-electron chi connectivity index (χ4n) is 2.66. The second-order valence-corrected chi connectivity index (χ2v) is 8.33. The zero-order valence-electron chi connectivity index (χ0n) is 16.3. The minimum Gasteiger partial charge on any atom is -0.484 e. The highest BCUT2D eigenvalue weighted by Crippen LogP contribution is 2.28. The number of nitrogens with zero attached hydrogens (tertiary/aromatic N) is 3. The van der Waals surface area contributed by atoms with Crippen LogP contribution in [0.1, 0.15) is 29.6 Å². The van der Waals surface area contributed by atoms with Gasteiger partial charge in [0.25, 0.3) is 11.1 Å². The van der Waals surface area contributed by atoms with E-state index in [1.807, 2.05) is 31.2 Å². The average Bonchev–Trinajstić information content (AvgIpc) is 3.41. The van der Waals surface area contributed by atoms with Gasteiger partial charge in [0.1, 0.15) is 10.8 Å². The van der Waals surface area contributed by atoms with Crippen LogP contribution in [0.15, 0.2) is 63.6 Å². The van der Waals surface area contributed by atoms with Gasteiger partial charge in [0, 0.05) is 16.7 Å². The topological polar surface area (TPSA) is 61.0 Å². The van der Waals surface area contributed by atoms with Gasteiger partial charge in [0.15, 0.2) is 6.61 Å². The van der Waals surface area contributed by atoms with Crippen LogP contribution in [0.5, 0.6) is 5.75 Å². The van der Waals surface area contributed by atoms with E-state index >= 15 is 0 Å². The summed E-state index contributed by atoms with van der Waals surface area (Å²) in [6, 6.07) is 16.4. The highest BCUT2D eigenvalue weighted by Gasteiger charge is 2.10. The van der Waals surface area contributed by atoms with Crippen LogP contribution in [0.4, 0.5) is 0 Å². The smallest absolute Gasteiger partial charge is 0.277 e. The van der Waals surface area contributed by atoms with Crippen LogP contribution in [-0.4, -0.2) is 15.2 Å². The van der Waals surface area contributed by atoms with Crippen molar-refractivity contribution in [2.45, 2.75) is 37.9 Å². The van der Waals surface area contributed by atoms with E-state index in [2.05, 4.69) is 46.8 Å². The quantitative estimate of drug-likeness (QED) is 0.327. The third-order valence-electron chi connectivity index (χ3n) is 4.34. The Hall–Kier alpha value is -2.64. The van der Waals surface area contributed by atoms with Gasteiger partial charge in [-0.25, -0.2) is 4.98 Å². The van der Waals surface area contributed by atoms with E-state index in [9.17, 15) is 0 Å². The normalized spacial score (nSPS) is 11.0. The van der Waals surface area contributed by atoms with Gasteiger partial charge in [-0.1, -0.05) is 60.6 Å². The van der Waals surface area contributed by atoms with Crippen LogP contribution >= 0.6 is 23.1 Å². The van der Waals surface area contributed by atoms with Gasteiger partial charge in [-0.3, -0.25) is 0 Å². The Morgan fingerprint density at radius 3 is 2.59 bits per heavy atom. The van der Waals surface area contributed by atoms with Gasteiger partial charge in [0.05, 0.1) is 5.69 Å². The SMILES string of the molecule is CCc1ccc(-c2nc(CSc3nnc(COc4ccc(C)cc4)o3)cs2)cc1. The summed E-state index contributed by atoms with van der Waals surface area (Å²) < 4.78 is 11.3. The third kappa shape index (κ3) is 5.25. The fraction of sp³-hybridized carbons (Fsp3) is 0.227. The first kappa shape index (κ1) is 19.7. The standard InChI is InChI=1S/C22H21N3O2S2/c1-3-16-6-8-17(9-7-16)21-23-18(13-28-21)14-29-22-25-24-20(27-22)12-26-19-10-4-15(2)5-11-19/h4-11,13H,3,12,14H2,1-2H3. The van der Waals surface area contributed by atoms with Gasteiger partial charge in [-0.05, 0) is 31.0 Å². The molecule has 0 fully saturated rings. The summed E-state index contributed by atoms with van der Waals surface area (Å²) in [5.41, 5.74) is 4.68. The predicted octanol–water partition coefficient (Wildman–Crippen LogP) is 5.94. The first-order valence-electron chi connectivity index (χ1n) is 9.38. The van der Waals surface area contributed by atoms with E-state index in [-0.39, 0.29) is 6.61 Å². The molecule has 0 radical (unpaired) electrons. The molecule has 0 unspecified atom stereocenters. The molecule has 29 heavy (non-hydrogen) atoms. The molecule has 7 heteroatoms. The number of aryl methyl sites for hydroxylation is 2. The Morgan fingerprint density at radius 2 is 1.83 bits per heavy atom. The maximum absolute atomic E-state index is 5.68. The molecule has 0 spiro atoms. The Balaban J connectivity index is 1.30. The number of hydrogen-bond donors (Lipinski definition) is 0. The highest BCUT2D eigenvalue weighted by atomic mass is 32.2. The summed E-state index contributed by atoms with van der Waals surface area (Å²) in [6.07, 6.45) is 1.04. The van der Waals surface area contributed by atoms with Gasteiger partial charge < -0.3 is 9.15 Å². The minimum absolute atomic E-state index is 0.255. The summed E-state index contributed by atoms with van der Waals surface area (Å²) in [4.78, 5) is 4.72. The number of hydrogen-bond acceptors (Lipinski definition) is 7. The van der Waals surface area contributed by atoms with Crippen molar-refractivity contribution < 1.29 is 9.15 Å². The molecule has 0 atom stereocenters. The lowest BCUT2D eigenvalue weighted by atomic mass is 10.1. The average molecular weight is 424 g/mol. The van der Waals surface area contributed by atoms with E-state index in [4.69, 9.17) is 14.1 Å². The molecule has 0 saturated carbocycles. The number of thiazole rings is 1. The molecule has 4 aromatic rings. The summed E-state index contributed by atoms with van der Waals surface area (Å²) in [5.74, 6) is 1.93. The van der Waals surface area contributed by atoms with Gasteiger partial charge >= 0.3 is 0 Å². The van der Waals surface area contributed by atoms with Crippen LogP contribution in [0.3, 0.4) is 0 Å². The van der Waals surface area contributed by atoms with Crippen LogP contribution in [0.25, 0.3) is 10.6 Å². The molecule has 2 aromatic heterocycles. The summed E-state index contributed by atoms with van der Waals surface area (Å²) in [6.45, 7) is 4.45. The lowest BCUT2D eigenvalue weighted by Gasteiger charge is -2.02. The third-order valence-corrected chi connectivity index (χ3v) is 6.13. The van der Waals surface area contributed by atoms with E-state index in [0.29, 0.717) is 16.9 Å². The summed E-state index contributed by atoms with van der Waals surface area (Å²) in [5, 5.41) is 11.8. The molecule has 2 aromatic carbocycles. The molecule has 5 nitrogen and oxygen atoms in total. The number of ether oxygens (including phenoxy) is 1. The molecule has 0 bridgehead atoms. The Morgan fingerprint density at radius 1 is 1.03 bits per heavy atom. The first-order chi connectivity index (χ1) is 14.2. The van der Waals surface area contributed by atoms with Crippen molar-refractivity contribution in [3.05, 3.63) is 76.6 Å². The minimum atomic E-state index is 0.255. The molecular weight excluding hydrogens is 402 g/mol. The molecule has 0 N–H and O–H groups in total. The lowest BCUT2D eigenvalue weighted by molar-refractivity contribution is 0.252. The van der Waals surface area contributed by atoms with E-state index in [0.717, 1.165) is 28.4 Å². The molecule has 2 heterocycles. The van der Waals surface area contributed by atoms with Crippen LogP contribution < -0.4 is 4.74 Å². The van der Waals surface area contributed by atoms with Crippen molar-refractivity contribution in [3.63, 3.8) is 0 Å². The van der Waals surface area contributed by atoms with Crippen LogP contribution in [-0.2, 0) is 18.8 Å². The first-order valence-corrected chi connectivity index (χ1v) is 11.2. The highest BCUT2D eigenvalue weighted by molar-refractivity contribution is 7.98. The van der Waals surface area contributed by atoms with Crippen molar-refractivity contribution >= 4 is 23.1 Å².